The Morgan fingerprint density at radius 1 is 1.18 bits per heavy atom. The summed E-state index contributed by atoms with van der Waals surface area (Å²) < 4.78 is 4.06. The van der Waals surface area contributed by atoms with Gasteiger partial charge in [-0.15, -0.1) is 0 Å². The molecule has 0 aromatic carbocycles. The normalized spacial score (nSPS) is 15.8. The quantitative estimate of drug-likeness (QED) is 0.431. The highest BCUT2D eigenvalue weighted by atomic mass is 16.3. The monoisotopic (exact) mass is 461 g/mol. The van der Waals surface area contributed by atoms with Gasteiger partial charge in [0.1, 0.15) is 18.0 Å². The SMILES string of the molecule is CCn1c(-c2cnc(C)nc2)nc2c(NC3CCc4c(c(C(C)C)nn4CCO)C3)ncnc21. The molecule has 1 atom stereocenters. The van der Waals surface area contributed by atoms with E-state index in [0.29, 0.717) is 12.5 Å². The maximum Gasteiger partial charge on any atom is 0.165 e. The third kappa shape index (κ3) is 3.91. The average Bonchev–Trinajstić information content (AvgIpc) is 3.39. The van der Waals surface area contributed by atoms with Crippen LogP contribution in [0.2, 0.25) is 0 Å². The van der Waals surface area contributed by atoms with Gasteiger partial charge >= 0.3 is 0 Å². The molecule has 0 amide bonds. The molecule has 0 bridgehead atoms. The van der Waals surface area contributed by atoms with Crippen LogP contribution in [-0.4, -0.2) is 57.0 Å². The third-order valence-electron chi connectivity index (χ3n) is 6.46. The number of fused-ring (bicyclic) bond motifs is 2. The summed E-state index contributed by atoms with van der Waals surface area (Å²) in [5.41, 5.74) is 6.09. The number of aliphatic hydroxyl groups excluding tert-OH is 1. The topological polar surface area (TPSA) is 119 Å². The number of nitrogens with one attached hydrogen (secondary N) is 1. The fourth-order valence-corrected chi connectivity index (χ4v) is 4.85. The first-order valence-electron chi connectivity index (χ1n) is 12.0. The van der Waals surface area contributed by atoms with E-state index in [1.807, 2.05) is 11.6 Å². The van der Waals surface area contributed by atoms with Crippen molar-refractivity contribution in [2.24, 2.45) is 0 Å². The molecular weight excluding hydrogens is 430 g/mol. The van der Waals surface area contributed by atoms with E-state index in [4.69, 9.17) is 10.1 Å². The maximum absolute atomic E-state index is 9.45. The van der Waals surface area contributed by atoms with Crippen LogP contribution in [-0.2, 0) is 25.9 Å². The second-order valence-electron chi connectivity index (χ2n) is 9.09. The van der Waals surface area contributed by atoms with Crippen LogP contribution in [0.3, 0.4) is 0 Å². The largest absolute Gasteiger partial charge is 0.394 e. The number of nitrogens with zero attached hydrogens (tertiary/aromatic N) is 8. The van der Waals surface area contributed by atoms with Gasteiger partial charge in [0.05, 0.1) is 24.4 Å². The lowest BCUT2D eigenvalue weighted by Crippen LogP contribution is -2.29. The molecule has 4 aromatic heterocycles. The van der Waals surface area contributed by atoms with Crippen LogP contribution in [0.4, 0.5) is 5.82 Å². The summed E-state index contributed by atoms with van der Waals surface area (Å²) in [4.78, 5) is 22.7. The Bertz CT molecular complexity index is 1310. The summed E-state index contributed by atoms with van der Waals surface area (Å²) in [5, 5.41) is 17.9. The molecule has 4 aromatic rings. The van der Waals surface area contributed by atoms with Crippen molar-refractivity contribution >= 4 is 17.0 Å². The molecular formula is C24H31N9O. The molecule has 0 radical (unpaired) electrons. The van der Waals surface area contributed by atoms with Gasteiger partial charge in [0.2, 0.25) is 0 Å². The molecule has 34 heavy (non-hydrogen) atoms. The highest BCUT2D eigenvalue weighted by Gasteiger charge is 2.28. The average molecular weight is 462 g/mol. The number of aliphatic hydroxyl groups is 1. The van der Waals surface area contributed by atoms with E-state index in [1.54, 1.807) is 18.7 Å². The number of anilines is 1. The van der Waals surface area contributed by atoms with Crippen molar-refractivity contribution < 1.29 is 5.11 Å². The molecule has 1 aliphatic rings. The van der Waals surface area contributed by atoms with E-state index in [2.05, 4.69) is 50.6 Å². The Morgan fingerprint density at radius 2 is 1.97 bits per heavy atom. The van der Waals surface area contributed by atoms with Gasteiger partial charge in [-0.05, 0) is 44.6 Å². The highest BCUT2D eigenvalue weighted by molar-refractivity contribution is 5.86. The number of rotatable bonds is 7. The van der Waals surface area contributed by atoms with Crippen molar-refractivity contribution in [2.45, 2.75) is 72.0 Å². The van der Waals surface area contributed by atoms with Gasteiger partial charge in [-0.3, -0.25) is 4.68 Å². The van der Waals surface area contributed by atoms with Gasteiger partial charge in [0, 0.05) is 30.7 Å². The summed E-state index contributed by atoms with van der Waals surface area (Å²) in [6.07, 6.45) is 7.94. The molecule has 1 unspecified atom stereocenters. The fourth-order valence-electron chi connectivity index (χ4n) is 4.85. The first-order chi connectivity index (χ1) is 16.5. The number of hydrogen-bond acceptors (Lipinski definition) is 8. The zero-order valence-corrected chi connectivity index (χ0v) is 20.2. The number of aromatic nitrogens is 8. The molecule has 4 heterocycles. The minimum atomic E-state index is 0.0979. The standard InChI is InChI=1S/C24H31N9O/c1-5-32-23(16-11-25-15(4)26-12-16)30-21-22(27-13-28-24(21)32)29-17-6-7-19-18(10-17)20(14(2)3)31-33(19)8-9-34/h11-14,17,34H,5-10H2,1-4H3,(H,27,28,29). The van der Waals surface area contributed by atoms with E-state index in [-0.39, 0.29) is 12.6 Å². The van der Waals surface area contributed by atoms with Crippen molar-refractivity contribution in [3.05, 3.63) is 41.5 Å². The summed E-state index contributed by atoms with van der Waals surface area (Å²) in [5.74, 6) is 2.59. The molecule has 0 fully saturated rings. The molecule has 0 saturated heterocycles. The zero-order chi connectivity index (χ0) is 23.8. The lowest BCUT2D eigenvalue weighted by molar-refractivity contribution is 0.266. The maximum atomic E-state index is 9.45. The fraction of sp³-hybridized carbons (Fsp3) is 0.500. The molecule has 178 valence electrons. The van der Waals surface area contributed by atoms with Crippen molar-refractivity contribution in [2.75, 3.05) is 11.9 Å². The lowest BCUT2D eigenvalue weighted by Gasteiger charge is -2.25. The predicted octanol–water partition coefficient (Wildman–Crippen LogP) is 2.89. The number of imidazole rings is 1. The number of hydrogen-bond donors (Lipinski definition) is 2. The summed E-state index contributed by atoms with van der Waals surface area (Å²) in [7, 11) is 0. The summed E-state index contributed by atoms with van der Waals surface area (Å²) in [6, 6.07) is 0.216. The van der Waals surface area contributed by atoms with Crippen molar-refractivity contribution in [1.82, 2.24) is 39.3 Å². The second-order valence-corrected chi connectivity index (χ2v) is 9.09. The van der Waals surface area contributed by atoms with Crippen LogP contribution in [0.25, 0.3) is 22.6 Å². The smallest absolute Gasteiger partial charge is 0.165 e. The lowest BCUT2D eigenvalue weighted by atomic mass is 9.89. The molecule has 2 N–H and O–H groups in total. The van der Waals surface area contributed by atoms with Crippen LogP contribution in [0.1, 0.15) is 55.9 Å². The van der Waals surface area contributed by atoms with Crippen LogP contribution in [0.5, 0.6) is 0 Å². The zero-order valence-electron chi connectivity index (χ0n) is 20.2. The Balaban J connectivity index is 1.48. The second kappa shape index (κ2) is 9.09. The summed E-state index contributed by atoms with van der Waals surface area (Å²) in [6.45, 7) is 9.66. The van der Waals surface area contributed by atoms with Crippen LogP contribution < -0.4 is 5.32 Å². The molecule has 0 saturated carbocycles. The van der Waals surface area contributed by atoms with E-state index in [1.165, 1.54) is 11.3 Å². The van der Waals surface area contributed by atoms with Gasteiger partial charge in [0.15, 0.2) is 17.0 Å². The minimum Gasteiger partial charge on any atom is -0.394 e. The van der Waals surface area contributed by atoms with Gasteiger partial charge in [0.25, 0.3) is 0 Å². The molecule has 5 rings (SSSR count). The first kappa shape index (κ1) is 22.4. The Labute approximate surface area is 198 Å². The molecule has 10 nitrogen and oxygen atoms in total. The van der Waals surface area contributed by atoms with E-state index >= 15 is 0 Å². The molecule has 0 spiro atoms. The molecule has 0 aliphatic heterocycles. The van der Waals surface area contributed by atoms with Crippen LogP contribution in [0, 0.1) is 6.92 Å². The predicted molar refractivity (Wildman–Crippen MR) is 130 cm³/mol. The van der Waals surface area contributed by atoms with Crippen molar-refractivity contribution in [3.8, 4) is 11.4 Å². The third-order valence-corrected chi connectivity index (χ3v) is 6.46. The Kier molecular flexibility index (Phi) is 5.99. The summed E-state index contributed by atoms with van der Waals surface area (Å²) >= 11 is 0. The van der Waals surface area contributed by atoms with Crippen LogP contribution >= 0.6 is 0 Å². The minimum absolute atomic E-state index is 0.0979. The van der Waals surface area contributed by atoms with Crippen molar-refractivity contribution in [3.63, 3.8) is 0 Å². The van der Waals surface area contributed by atoms with E-state index < -0.39 is 0 Å². The molecule has 1 aliphatic carbocycles. The molecule has 10 heteroatoms. The van der Waals surface area contributed by atoms with E-state index in [9.17, 15) is 5.11 Å². The first-order valence-corrected chi connectivity index (χ1v) is 12.0. The highest BCUT2D eigenvalue weighted by Crippen LogP contribution is 2.32. The van der Waals surface area contributed by atoms with Gasteiger partial charge in [-0.1, -0.05) is 13.8 Å². The number of aryl methyl sites for hydroxylation is 2. The van der Waals surface area contributed by atoms with Gasteiger partial charge in [-0.2, -0.15) is 5.10 Å². The van der Waals surface area contributed by atoms with E-state index in [0.717, 1.165) is 65.7 Å². The van der Waals surface area contributed by atoms with Crippen molar-refractivity contribution in [1.29, 1.82) is 0 Å². The van der Waals surface area contributed by atoms with Gasteiger partial charge in [-0.25, -0.2) is 24.9 Å². The Hall–Kier alpha value is -3.40. The Morgan fingerprint density at radius 3 is 2.68 bits per heavy atom. The van der Waals surface area contributed by atoms with Gasteiger partial charge < -0.3 is 15.0 Å². The van der Waals surface area contributed by atoms with Crippen LogP contribution in [0.15, 0.2) is 18.7 Å².